The van der Waals surface area contributed by atoms with E-state index in [0.717, 1.165) is 17.5 Å². The molecule has 0 aliphatic carbocycles. The summed E-state index contributed by atoms with van der Waals surface area (Å²) in [6, 6.07) is 4.10. The van der Waals surface area contributed by atoms with Gasteiger partial charge in [0.25, 0.3) is 0 Å². The van der Waals surface area contributed by atoms with Crippen LogP contribution in [0.3, 0.4) is 0 Å². The third-order valence-corrected chi connectivity index (χ3v) is 4.10. The van der Waals surface area contributed by atoms with Crippen LogP contribution in [-0.2, 0) is 13.0 Å². The van der Waals surface area contributed by atoms with Gasteiger partial charge in [-0.1, -0.05) is 13.0 Å². The van der Waals surface area contributed by atoms with Crippen LogP contribution in [0.5, 0.6) is 5.75 Å². The molecule has 0 fully saturated rings. The number of nitrogens with zero attached hydrogens (tertiary/aromatic N) is 1. The predicted octanol–water partition coefficient (Wildman–Crippen LogP) is 3.40. The van der Waals surface area contributed by atoms with Gasteiger partial charge in [0, 0.05) is 35.3 Å². The van der Waals surface area contributed by atoms with Gasteiger partial charge in [0.05, 0.1) is 0 Å². The van der Waals surface area contributed by atoms with Gasteiger partial charge in [-0.05, 0) is 19.4 Å². The molecular formula is C14H17FN2OS. The van der Waals surface area contributed by atoms with Gasteiger partial charge >= 0.3 is 0 Å². The molecule has 2 aromatic rings. The molecule has 1 atom stereocenters. The number of aromatic nitrogens is 1. The van der Waals surface area contributed by atoms with Gasteiger partial charge in [0.2, 0.25) is 0 Å². The number of phenolic OH excluding ortho intramolecular Hbond substituents is 1. The molecule has 0 aliphatic rings. The second-order valence-electron chi connectivity index (χ2n) is 4.38. The lowest BCUT2D eigenvalue weighted by Gasteiger charge is -2.14. The van der Waals surface area contributed by atoms with Crippen LogP contribution in [0.2, 0.25) is 0 Å². The number of thiazole rings is 1. The van der Waals surface area contributed by atoms with Crippen LogP contribution in [0.25, 0.3) is 0 Å². The summed E-state index contributed by atoms with van der Waals surface area (Å²) in [5.74, 6) is -0.450. The largest absolute Gasteiger partial charge is 0.508 e. The molecule has 0 saturated heterocycles. The fourth-order valence-electron chi connectivity index (χ4n) is 1.81. The smallest absolute Gasteiger partial charge is 0.131 e. The van der Waals surface area contributed by atoms with Crippen molar-refractivity contribution in [3.63, 3.8) is 0 Å². The highest BCUT2D eigenvalue weighted by atomic mass is 32.1. The van der Waals surface area contributed by atoms with Crippen molar-refractivity contribution in [2.75, 3.05) is 0 Å². The number of hydrogen-bond donors (Lipinski definition) is 2. The third-order valence-electron chi connectivity index (χ3n) is 2.96. The van der Waals surface area contributed by atoms with Crippen LogP contribution < -0.4 is 5.32 Å². The molecule has 0 amide bonds. The average Bonchev–Trinajstić information content (AvgIpc) is 2.84. The summed E-state index contributed by atoms with van der Waals surface area (Å²) < 4.78 is 13.7. The van der Waals surface area contributed by atoms with Gasteiger partial charge in [-0.15, -0.1) is 11.3 Å². The first-order valence-electron chi connectivity index (χ1n) is 6.25. The van der Waals surface area contributed by atoms with Crippen LogP contribution >= 0.6 is 11.3 Å². The summed E-state index contributed by atoms with van der Waals surface area (Å²) >= 11 is 1.67. The molecule has 0 aliphatic heterocycles. The maximum absolute atomic E-state index is 13.7. The molecular weight excluding hydrogens is 263 g/mol. The van der Waals surface area contributed by atoms with E-state index in [0.29, 0.717) is 12.1 Å². The minimum atomic E-state index is -0.395. The molecule has 5 heteroatoms. The number of aromatic hydroxyl groups is 1. The zero-order valence-corrected chi connectivity index (χ0v) is 11.8. The first-order chi connectivity index (χ1) is 9.10. The molecule has 1 aromatic carbocycles. The molecule has 2 N–H and O–H groups in total. The summed E-state index contributed by atoms with van der Waals surface area (Å²) in [5, 5.41) is 13.4. The molecule has 2 rings (SSSR count). The lowest BCUT2D eigenvalue weighted by Crippen LogP contribution is -2.18. The van der Waals surface area contributed by atoms with E-state index < -0.39 is 5.82 Å². The Bertz CT molecular complexity index is 556. The lowest BCUT2D eigenvalue weighted by atomic mass is 10.1. The topological polar surface area (TPSA) is 45.2 Å². The van der Waals surface area contributed by atoms with Crippen molar-refractivity contribution in [3.05, 3.63) is 45.7 Å². The first-order valence-corrected chi connectivity index (χ1v) is 7.07. The van der Waals surface area contributed by atoms with E-state index in [9.17, 15) is 9.50 Å². The summed E-state index contributed by atoms with van der Waals surface area (Å²) in [4.78, 5) is 5.56. The molecule has 0 saturated carbocycles. The Morgan fingerprint density at radius 2 is 2.26 bits per heavy atom. The van der Waals surface area contributed by atoms with Crippen LogP contribution in [0.15, 0.2) is 24.4 Å². The van der Waals surface area contributed by atoms with E-state index >= 15 is 0 Å². The van der Waals surface area contributed by atoms with Crippen LogP contribution in [0.4, 0.5) is 4.39 Å². The van der Waals surface area contributed by atoms with Crippen molar-refractivity contribution >= 4 is 11.3 Å². The van der Waals surface area contributed by atoms with Crippen molar-refractivity contribution in [2.45, 2.75) is 32.9 Å². The minimum absolute atomic E-state index is 0.0547. The highest BCUT2D eigenvalue weighted by molar-refractivity contribution is 7.11. The second kappa shape index (κ2) is 6.12. The highest BCUT2D eigenvalue weighted by Crippen LogP contribution is 2.22. The Kier molecular flexibility index (Phi) is 4.50. The van der Waals surface area contributed by atoms with Crippen molar-refractivity contribution in [1.29, 1.82) is 0 Å². The summed E-state index contributed by atoms with van der Waals surface area (Å²) in [6.07, 6.45) is 2.87. The van der Waals surface area contributed by atoms with Crippen molar-refractivity contribution < 1.29 is 9.50 Å². The Balaban J connectivity index is 1.98. The fraction of sp³-hybridized carbons (Fsp3) is 0.357. The molecule has 0 bridgehead atoms. The third kappa shape index (κ3) is 3.52. The number of hydrogen-bond acceptors (Lipinski definition) is 4. The summed E-state index contributed by atoms with van der Waals surface area (Å²) in [7, 11) is 0. The predicted molar refractivity (Wildman–Crippen MR) is 74.8 cm³/mol. The van der Waals surface area contributed by atoms with E-state index in [2.05, 4.69) is 17.2 Å². The lowest BCUT2D eigenvalue weighted by molar-refractivity contribution is 0.463. The normalized spacial score (nSPS) is 12.6. The van der Waals surface area contributed by atoms with E-state index in [1.54, 1.807) is 17.4 Å². The van der Waals surface area contributed by atoms with Gasteiger partial charge < -0.3 is 10.4 Å². The zero-order chi connectivity index (χ0) is 13.8. The van der Waals surface area contributed by atoms with Crippen LogP contribution in [-0.4, -0.2) is 10.1 Å². The van der Waals surface area contributed by atoms with Gasteiger partial charge in [-0.3, -0.25) is 0 Å². The van der Waals surface area contributed by atoms with E-state index in [1.807, 2.05) is 13.1 Å². The second-order valence-corrected chi connectivity index (χ2v) is 5.58. The molecule has 0 radical (unpaired) electrons. The number of rotatable bonds is 5. The SMILES string of the molecule is CCc1cnc(CNC(C)c2ccc(O)cc2F)s1. The molecule has 0 spiro atoms. The van der Waals surface area contributed by atoms with Gasteiger partial charge in [-0.25, -0.2) is 9.37 Å². The van der Waals surface area contributed by atoms with Crippen LogP contribution in [0.1, 0.15) is 35.3 Å². The van der Waals surface area contributed by atoms with Crippen molar-refractivity contribution in [2.24, 2.45) is 0 Å². The standard InChI is InChI=1S/C14H17FN2OS/c1-3-11-7-17-14(19-11)8-16-9(2)12-5-4-10(18)6-13(12)15/h4-7,9,16,18H,3,8H2,1-2H3. The molecule has 19 heavy (non-hydrogen) atoms. The monoisotopic (exact) mass is 280 g/mol. The maximum Gasteiger partial charge on any atom is 0.131 e. The quantitative estimate of drug-likeness (QED) is 0.882. The van der Waals surface area contributed by atoms with E-state index in [-0.39, 0.29) is 11.8 Å². The Hall–Kier alpha value is -1.46. The molecule has 1 heterocycles. The molecule has 1 unspecified atom stereocenters. The summed E-state index contributed by atoms with van der Waals surface area (Å²) in [6.45, 7) is 4.61. The molecule has 3 nitrogen and oxygen atoms in total. The Labute approximate surface area is 116 Å². The molecule has 102 valence electrons. The average molecular weight is 280 g/mol. The number of phenols is 1. The fourth-order valence-corrected chi connectivity index (χ4v) is 2.62. The zero-order valence-electron chi connectivity index (χ0n) is 11.0. The van der Waals surface area contributed by atoms with Crippen LogP contribution in [0, 0.1) is 5.82 Å². The van der Waals surface area contributed by atoms with Crippen molar-refractivity contribution in [1.82, 2.24) is 10.3 Å². The van der Waals surface area contributed by atoms with E-state index in [1.165, 1.54) is 10.9 Å². The number of halogens is 1. The minimum Gasteiger partial charge on any atom is -0.508 e. The molecule has 1 aromatic heterocycles. The van der Waals surface area contributed by atoms with Gasteiger partial charge in [0.1, 0.15) is 16.6 Å². The van der Waals surface area contributed by atoms with Gasteiger partial charge in [0.15, 0.2) is 0 Å². The highest BCUT2D eigenvalue weighted by Gasteiger charge is 2.11. The maximum atomic E-state index is 13.7. The number of benzene rings is 1. The number of nitrogens with one attached hydrogen (secondary N) is 1. The van der Waals surface area contributed by atoms with E-state index in [4.69, 9.17) is 0 Å². The first kappa shape index (κ1) is 14.0. The van der Waals surface area contributed by atoms with Gasteiger partial charge in [-0.2, -0.15) is 0 Å². The Morgan fingerprint density at radius 3 is 2.89 bits per heavy atom. The number of aryl methyl sites for hydroxylation is 1. The Morgan fingerprint density at radius 1 is 1.47 bits per heavy atom. The summed E-state index contributed by atoms with van der Waals surface area (Å²) in [5.41, 5.74) is 0.546. The van der Waals surface area contributed by atoms with Crippen molar-refractivity contribution in [3.8, 4) is 5.75 Å².